The van der Waals surface area contributed by atoms with Crippen molar-refractivity contribution in [3.63, 3.8) is 0 Å². The molecule has 0 amide bonds. The van der Waals surface area contributed by atoms with Gasteiger partial charge in [0.1, 0.15) is 5.75 Å². The van der Waals surface area contributed by atoms with Gasteiger partial charge in [-0.05, 0) is 97.4 Å². The third-order valence-corrected chi connectivity index (χ3v) is 7.19. The summed E-state index contributed by atoms with van der Waals surface area (Å²) in [6.07, 6.45) is 7.06. The van der Waals surface area contributed by atoms with Gasteiger partial charge in [0.25, 0.3) is 0 Å². The van der Waals surface area contributed by atoms with Crippen LogP contribution in [0.25, 0.3) is 0 Å². The third kappa shape index (κ3) is 1.89. The zero-order chi connectivity index (χ0) is 15.5. The molecule has 1 N–H and O–H groups in total. The molecule has 120 valence electrons. The Morgan fingerprint density at radius 3 is 2.77 bits per heavy atom. The largest absolute Gasteiger partial charge is 0.497 e. The first-order chi connectivity index (χ1) is 10.5. The minimum absolute atomic E-state index is 0.0724. The summed E-state index contributed by atoms with van der Waals surface area (Å²) >= 11 is 0. The summed E-state index contributed by atoms with van der Waals surface area (Å²) in [5, 5.41) is 10.5. The van der Waals surface area contributed by atoms with Gasteiger partial charge in [0.15, 0.2) is 0 Å². The molecule has 2 fully saturated rings. The number of aryl methyl sites for hydroxylation is 2. The molecule has 0 unspecified atom stereocenters. The summed E-state index contributed by atoms with van der Waals surface area (Å²) in [6.45, 7) is 4.60. The first kappa shape index (κ1) is 14.6. The van der Waals surface area contributed by atoms with E-state index in [9.17, 15) is 5.11 Å². The fourth-order valence-electron chi connectivity index (χ4n) is 6.03. The van der Waals surface area contributed by atoms with Crippen molar-refractivity contribution in [3.05, 3.63) is 28.8 Å². The molecule has 3 aliphatic carbocycles. The fraction of sp³-hybridized carbons (Fsp3) is 0.700. The van der Waals surface area contributed by atoms with Gasteiger partial charge >= 0.3 is 0 Å². The van der Waals surface area contributed by atoms with Gasteiger partial charge in [-0.2, -0.15) is 0 Å². The van der Waals surface area contributed by atoms with Crippen molar-refractivity contribution in [1.82, 2.24) is 0 Å². The van der Waals surface area contributed by atoms with Gasteiger partial charge in [0, 0.05) is 0 Å². The Hall–Kier alpha value is -1.02. The smallest absolute Gasteiger partial charge is 0.119 e. The molecule has 0 spiro atoms. The molecule has 0 aromatic heterocycles. The Balaban J connectivity index is 1.73. The van der Waals surface area contributed by atoms with E-state index in [2.05, 4.69) is 26.0 Å². The van der Waals surface area contributed by atoms with E-state index >= 15 is 0 Å². The van der Waals surface area contributed by atoms with Crippen LogP contribution >= 0.6 is 0 Å². The first-order valence-electron chi connectivity index (χ1n) is 8.90. The molecule has 1 aromatic carbocycles. The highest BCUT2D eigenvalue weighted by Gasteiger charge is 2.54. The molecule has 2 saturated carbocycles. The molecule has 2 heteroatoms. The van der Waals surface area contributed by atoms with Crippen LogP contribution in [0.5, 0.6) is 5.75 Å². The molecule has 22 heavy (non-hydrogen) atoms. The lowest BCUT2D eigenvalue weighted by atomic mass is 9.55. The van der Waals surface area contributed by atoms with Crippen molar-refractivity contribution >= 4 is 0 Å². The van der Waals surface area contributed by atoms with Crippen LogP contribution in [0.4, 0.5) is 0 Å². The summed E-state index contributed by atoms with van der Waals surface area (Å²) in [7, 11) is 1.76. The van der Waals surface area contributed by atoms with E-state index in [-0.39, 0.29) is 11.5 Å². The van der Waals surface area contributed by atoms with E-state index in [1.165, 1.54) is 43.2 Å². The molecular weight excluding hydrogens is 272 g/mol. The van der Waals surface area contributed by atoms with Crippen molar-refractivity contribution in [1.29, 1.82) is 0 Å². The number of hydrogen-bond acceptors (Lipinski definition) is 2. The standard InChI is InChI=1S/C20H28O2/c1-12-10-14(22-3)11-13-4-5-15-16(19(12)13)8-9-20(2)17(15)6-7-18(20)21/h10-11,15-18,21H,4-9H2,1-3H3/t15-,16+,17-,18+,20+/m1/s1. The third-order valence-electron chi connectivity index (χ3n) is 7.19. The summed E-state index contributed by atoms with van der Waals surface area (Å²) < 4.78 is 5.46. The number of fused-ring (bicyclic) bond motifs is 5. The maximum atomic E-state index is 10.5. The van der Waals surface area contributed by atoms with Crippen molar-refractivity contribution in [2.24, 2.45) is 17.3 Å². The second-order valence-corrected chi connectivity index (χ2v) is 8.07. The predicted molar refractivity (Wildman–Crippen MR) is 88.4 cm³/mol. The zero-order valence-corrected chi connectivity index (χ0v) is 14.1. The lowest BCUT2D eigenvalue weighted by Gasteiger charge is -2.50. The molecule has 0 heterocycles. The Labute approximate surface area is 133 Å². The maximum absolute atomic E-state index is 10.5. The number of methoxy groups -OCH3 is 1. The second kappa shape index (κ2) is 4.99. The van der Waals surface area contributed by atoms with E-state index in [4.69, 9.17) is 4.74 Å². The predicted octanol–water partition coefficient (Wildman–Crippen LogP) is 4.22. The minimum Gasteiger partial charge on any atom is -0.497 e. The van der Waals surface area contributed by atoms with Crippen LogP contribution in [-0.2, 0) is 6.42 Å². The van der Waals surface area contributed by atoms with Crippen LogP contribution < -0.4 is 4.74 Å². The number of ether oxygens (including phenoxy) is 1. The number of benzene rings is 1. The van der Waals surface area contributed by atoms with Gasteiger partial charge in [-0.3, -0.25) is 0 Å². The van der Waals surface area contributed by atoms with Crippen LogP contribution in [0.1, 0.15) is 61.6 Å². The van der Waals surface area contributed by atoms with Crippen molar-refractivity contribution < 1.29 is 9.84 Å². The molecule has 3 aliphatic rings. The molecule has 4 rings (SSSR count). The highest BCUT2D eigenvalue weighted by molar-refractivity contribution is 5.46. The molecule has 0 bridgehead atoms. The van der Waals surface area contributed by atoms with E-state index in [1.54, 1.807) is 12.7 Å². The van der Waals surface area contributed by atoms with Gasteiger partial charge in [0.2, 0.25) is 0 Å². The molecule has 5 atom stereocenters. The summed E-state index contributed by atoms with van der Waals surface area (Å²) in [5.74, 6) is 3.20. The Bertz CT molecular complexity index is 594. The van der Waals surface area contributed by atoms with Crippen LogP contribution in [0.15, 0.2) is 12.1 Å². The molecule has 0 radical (unpaired) electrons. The average Bonchev–Trinajstić information content (AvgIpc) is 2.82. The number of aliphatic hydroxyl groups excluding tert-OH is 1. The van der Waals surface area contributed by atoms with Crippen LogP contribution in [0, 0.1) is 24.2 Å². The highest BCUT2D eigenvalue weighted by atomic mass is 16.5. The Morgan fingerprint density at radius 2 is 2.00 bits per heavy atom. The Kier molecular flexibility index (Phi) is 3.30. The average molecular weight is 300 g/mol. The molecule has 0 aliphatic heterocycles. The van der Waals surface area contributed by atoms with Crippen LogP contribution in [-0.4, -0.2) is 18.3 Å². The van der Waals surface area contributed by atoms with E-state index in [0.29, 0.717) is 5.92 Å². The Morgan fingerprint density at radius 1 is 1.18 bits per heavy atom. The van der Waals surface area contributed by atoms with E-state index < -0.39 is 0 Å². The van der Waals surface area contributed by atoms with E-state index in [1.807, 2.05) is 0 Å². The molecule has 1 aromatic rings. The lowest BCUT2D eigenvalue weighted by molar-refractivity contribution is -0.0227. The highest BCUT2D eigenvalue weighted by Crippen LogP contribution is 2.61. The lowest BCUT2D eigenvalue weighted by Crippen LogP contribution is -2.44. The minimum atomic E-state index is -0.0724. The van der Waals surface area contributed by atoms with Gasteiger partial charge in [-0.1, -0.05) is 6.92 Å². The van der Waals surface area contributed by atoms with E-state index in [0.717, 1.165) is 24.0 Å². The topological polar surface area (TPSA) is 29.5 Å². The van der Waals surface area contributed by atoms with Crippen molar-refractivity contribution in [3.8, 4) is 5.75 Å². The number of hydrogen-bond donors (Lipinski definition) is 1. The van der Waals surface area contributed by atoms with Gasteiger partial charge in [-0.15, -0.1) is 0 Å². The van der Waals surface area contributed by atoms with Crippen LogP contribution in [0.2, 0.25) is 0 Å². The summed E-state index contributed by atoms with van der Waals surface area (Å²) in [4.78, 5) is 0. The molecule has 0 saturated heterocycles. The maximum Gasteiger partial charge on any atom is 0.119 e. The summed E-state index contributed by atoms with van der Waals surface area (Å²) in [5.41, 5.74) is 4.71. The fourth-order valence-corrected chi connectivity index (χ4v) is 6.03. The zero-order valence-electron chi connectivity index (χ0n) is 14.1. The normalized spacial score (nSPS) is 39.8. The molecule has 2 nitrogen and oxygen atoms in total. The van der Waals surface area contributed by atoms with Crippen molar-refractivity contribution in [2.75, 3.05) is 7.11 Å². The van der Waals surface area contributed by atoms with Gasteiger partial charge < -0.3 is 9.84 Å². The quantitative estimate of drug-likeness (QED) is 0.841. The SMILES string of the molecule is COc1cc(C)c2c(c1)CC[C@@H]1[C@@H]2CC[C@@]2(C)[C@@H]1CC[C@@H]2O. The van der Waals surface area contributed by atoms with Gasteiger partial charge in [0.05, 0.1) is 13.2 Å². The molecular formula is C20H28O2. The van der Waals surface area contributed by atoms with Crippen LogP contribution in [0.3, 0.4) is 0 Å². The van der Waals surface area contributed by atoms with Gasteiger partial charge in [-0.25, -0.2) is 0 Å². The monoisotopic (exact) mass is 300 g/mol. The van der Waals surface area contributed by atoms with Crippen molar-refractivity contribution in [2.45, 2.75) is 64.4 Å². The second-order valence-electron chi connectivity index (χ2n) is 8.07. The first-order valence-corrected chi connectivity index (χ1v) is 8.90. The number of aliphatic hydroxyl groups is 1. The number of rotatable bonds is 1. The summed E-state index contributed by atoms with van der Waals surface area (Å²) in [6, 6.07) is 4.47.